The largest absolute Gasteiger partial charge is 0.472 e. The maximum Gasteiger partial charge on any atom is 0.272 e. The number of nitrogens with zero attached hydrogens (tertiary/aromatic N) is 2. The molecule has 194 valence electrons. The maximum atomic E-state index is 13.5. The lowest BCUT2D eigenvalue weighted by Gasteiger charge is -2.32. The monoisotopic (exact) mass is 520 g/mol. The number of amides is 1. The van der Waals surface area contributed by atoms with E-state index in [-0.39, 0.29) is 40.9 Å². The molecule has 0 N–H and O–H groups in total. The number of alkyl halides is 2. The summed E-state index contributed by atoms with van der Waals surface area (Å²) in [4.78, 5) is 32.3. The van der Waals surface area contributed by atoms with Gasteiger partial charge in [-0.1, -0.05) is 6.92 Å². The first-order chi connectivity index (χ1) is 16.7. The highest BCUT2D eigenvalue weighted by Gasteiger charge is 2.45. The Morgan fingerprint density at radius 2 is 1.81 bits per heavy atom. The number of ketones is 1. The van der Waals surface area contributed by atoms with Crippen molar-refractivity contribution in [1.29, 1.82) is 0 Å². The van der Waals surface area contributed by atoms with Crippen molar-refractivity contribution in [3.63, 3.8) is 0 Å². The Bertz CT molecular complexity index is 1310. The summed E-state index contributed by atoms with van der Waals surface area (Å²) in [5.41, 5.74) is 1.57. The van der Waals surface area contributed by atoms with Gasteiger partial charge in [-0.05, 0) is 68.4 Å². The average Bonchev–Trinajstić information content (AvgIpc) is 3.00. The third kappa shape index (κ3) is 5.00. The molecule has 1 aromatic heterocycles. The molecule has 0 unspecified atom stereocenters. The summed E-state index contributed by atoms with van der Waals surface area (Å²) in [6.45, 7) is 6.46. The number of benzene rings is 1. The number of Topliss-reactive ketones (excluding diaryl/α,β-unsaturated/α-hetero) is 1. The lowest BCUT2D eigenvalue weighted by molar-refractivity contribution is -0.121. The molecule has 0 atom stereocenters. The van der Waals surface area contributed by atoms with E-state index in [1.165, 1.54) is 17.2 Å². The first kappa shape index (κ1) is 26.2. The highest BCUT2D eigenvalue weighted by Crippen LogP contribution is 2.47. The van der Waals surface area contributed by atoms with E-state index in [9.17, 15) is 26.8 Å². The molecule has 1 fully saturated rings. The van der Waals surface area contributed by atoms with Crippen LogP contribution in [0.4, 0.5) is 20.2 Å². The maximum absolute atomic E-state index is 13.5. The van der Waals surface area contributed by atoms with Gasteiger partial charge < -0.3 is 4.74 Å². The van der Waals surface area contributed by atoms with Gasteiger partial charge in [0, 0.05) is 24.2 Å². The number of anilines is 2. The van der Waals surface area contributed by atoms with Gasteiger partial charge in [0.2, 0.25) is 11.8 Å². The summed E-state index contributed by atoms with van der Waals surface area (Å²) >= 11 is 0. The minimum absolute atomic E-state index is 0.00973. The summed E-state index contributed by atoms with van der Waals surface area (Å²) < 4.78 is 53.9. The molecule has 7 nitrogen and oxygen atoms in total. The van der Waals surface area contributed by atoms with Crippen LogP contribution < -0.4 is 9.64 Å². The van der Waals surface area contributed by atoms with Crippen LogP contribution in [-0.4, -0.2) is 49.6 Å². The standard InChI is InChI=1S/C26H30F2N2O5S/c1-16-14-29-23(35-15-22(27)28)12-20(16)30-19-6-5-17(11-18(19)25(2,3)24(30)32)21(31)13-26(4)7-9-36(33,34)10-8-26/h5-6,11-12,14,22H,7-10,13,15H2,1-4H3. The van der Waals surface area contributed by atoms with Crippen molar-refractivity contribution in [3.05, 3.63) is 47.2 Å². The van der Waals surface area contributed by atoms with Crippen LogP contribution in [0.15, 0.2) is 30.5 Å². The molecular formula is C26H30F2N2O5S. The number of aryl methyl sites for hydroxylation is 1. The highest BCUT2D eigenvalue weighted by molar-refractivity contribution is 7.91. The number of pyridine rings is 1. The van der Waals surface area contributed by atoms with E-state index in [1.54, 1.807) is 39.0 Å². The fourth-order valence-electron chi connectivity index (χ4n) is 4.81. The van der Waals surface area contributed by atoms with Crippen LogP contribution in [-0.2, 0) is 20.0 Å². The third-order valence-corrected chi connectivity index (χ3v) is 8.89. The summed E-state index contributed by atoms with van der Waals surface area (Å²) in [6, 6.07) is 6.61. The van der Waals surface area contributed by atoms with E-state index >= 15 is 0 Å². The fraction of sp³-hybridized carbons (Fsp3) is 0.500. The number of aromatic nitrogens is 1. The van der Waals surface area contributed by atoms with Crippen molar-refractivity contribution in [2.45, 2.75) is 58.8 Å². The minimum atomic E-state index is -3.04. The molecule has 36 heavy (non-hydrogen) atoms. The molecule has 2 aromatic rings. The number of ether oxygens (including phenoxy) is 1. The molecule has 0 saturated carbocycles. The van der Waals surface area contributed by atoms with Crippen LogP contribution in [0.5, 0.6) is 5.88 Å². The van der Waals surface area contributed by atoms with E-state index in [4.69, 9.17) is 4.74 Å². The van der Waals surface area contributed by atoms with Crippen LogP contribution in [0.2, 0.25) is 0 Å². The smallest absolute Gasteiger partial charge is 0.272 e. The van der Waals surface area contributed by atoms with E-state index < -0.39 is 28.3 Å². The Kier molecular flexibility index (Phi) is 6.70. The molecule has 2 aliphatic heterocycles. The SMILES string of the molecule is Cc1cnc(OCC(F)F)cc1N1C(=O)C(C)(C)c2cc(C(=O)CC3(C)CCS(=O)(=O)CC3)ccc21. The number of rotatable bonds is 7. The second kappa shape index (κ2) is 9.21. The Morgan fingerprint density at radius 3 is 2.44 bits per heavy atom. The number of halogens is 2. The number of carbonyl (C=O) groups is 2. The number of sulfone groups is 1. The van der Waals surface area contributed by atoms with Crippen LogP contribution in [0.25, 0.3) is 0 Å². The van der Waals surface area contributed by atoms with Gasteiger partial charge >= 0.3 is 0 Å². The molecule has 2 aliphatic rings. The van der Waals surface area contributed by atoms with Crippen molar-refractivity contribution in [1.82, 2.24) is 4.98 Å². The predicted octanol–water partition coefficient (Wildman–Crippen LogP) is 4.78. The van der Waals surface area contributed by atoms with Gasteiger partial charge in [-0.2, -0.15) is 0 Å². The van der Waals surface area contributed by atoms with Crippen molar-refractivity contribution in [2.24, 2.45) is 5.41 Å². The molecule has 1 saturated heterocycles. The molecule has 10 heteroatoms. The highest BCUT2D eigenvalue weighted by atomic mass is 32.2. The zero-order valence-electron chi connectivity index (χ0n) is 20.8. The third-order valence-electron chi connectivity index (χ3n) is 7.24. The molecule has 4 rings (SSSR count). The molecule has 0 radical (unpaired) electrons. The minimum Gasteiger partial charge on any atom is -0.472 e. The molecule has 3 heterocycles. The number of hydrogen-bond acceptors (Lipinski definition) is 6. The van der Waals surface area contributed by atoms with Crippen LogP contribution in [0.1, 0.15) is 61.5 Å². The van der Waals surface area contributed by atoms with Crippen molar-refractivity contribution < 1.29 is 31.5 Å². The van der Waals surface area contributed by atoms with Gasteiger partial charge in [0.05, 0.1) is 28.3 Å². The first-order valence-corrected chi connectivity index (χ1v) is 13.6. The van der Waals surface area contributed by atoms with Crippen molar-refractivity contribution in [2.75, 3.05) is 23.0 Å². The van der Waals surface area contributed by atoms with Crippen LogP contribution in [0, 0.1) is 12.3 Å². The molecular weight excluding hydrogens is 490 g/mol. The van der Waals surface area contributed by atoms with Gasteiger partial charge in [-0.15, -0.1) is 0 Å². The summed E-state index contributed by atoms with van der Waals surface area (Å²) in [7, 11) is -3.04. The second-order valence-electron chi connectivity index (χ2n) is 10.6. The Labute approximate surface area is 209 Å². The Hall–Kier alpha value is -2.88. The lowest BCUT2D eigenvalue weighted by atomic mass is 9.78. The van der Waals surface area contributed by atoms with Gasteiger partial charge in [0.25, 0.3) is 6.43 Å². The lowest BCUT2D eigenvalue weighted by Crippen LogP contribution is -2.33. The summed E-state index contributed by atoms with van der Waals surface area (Å²) in [5, 5.41) is 0. The first-order valence-electron chi connectivity index (χ1n) is 11.8. The zero-order valence-corrected chi connectivity index (χ0v) is 21.6. The number of carbonyl (C=O) groups excluding carboxylic acids is 2. The summed E-state index contributed by atoms with van der Waals surface area (Å²) in [5.74, 6) is -0.147. The normalized spacial score (nSPS) is 19.9. The van der Waals surface area contributed by atoms with E-state index in [1.807, 2.05) is 6.92 Å². The van der Waals surface area contributed by atoms with E-state index in [2.05, 4.69) is 4.98 Å². The average molecular weight is 521 g/mol. The van der Waals surface area contributed by atoms with Crippen LogP contribution >= 0.6 is 0 Å². The molecule has 0 bridgehead atoms. The quantitative estimate of drug-likeness (QED) is 0.488. The van der Waals surface area contributed by atoms with Crippen molar-refractivity contribution >= 4 is 32.9 Å². The topological polar surface area (TPSA) is 93.6 Å². The van der Waals surface area contributed by atoms with E-state index in [0.29, 0.717) is 40.9 Å². The predicted molar refractivity (Wildman–Crippen MR) is 132 cm³/mol. The second-order valence-corrected chi connectivity index (χ2v) is 12.9. The number of fused-ring (bicyclic) bond motifs is 1. The van der Waals surface area contributed by atoms with Crippen LogP contribution in [0.3, 0.4) is 0 Å². The Balaban J connectivity index is 1.64. The molecule has 1 aromatic carbocycles. The van der Waals surface area contributed by atoms with Gasteiger partial charge in [0.1, 0.15) is 9.84 Å². The van der Waals surface area contributed by atoms with Gasteiger partial charge in [-0.25, -0.2) is 22.2 Å². The van der Waals surface area contributed by atoms with Gasteiger partial charge in [0.15, 0.2) is 12.4 Å². The van der Waals surface area contributed by atoms with Crippen molar-refractivity contribution in [3.8, 4) is 5.88 Å². The molecule has 0 spiro atoms. The Morgan fingerprint density at radius 1 is 1.14 bits per heavy atom. The fourth-order valence-corrected chi connectivity index (χ4v) is 6.62. The molecule has 1 amide bonds. The number of hydrogen-bond donors (Lipinski definition) is 0. The van der Waals surface area contributed by atoms with Gasteiger partial charge in [-0.3, -0.25) is 14.5 Å². The molecule has 0 aliphatic carbocycles. The van der Waals surface area contributed by atoms with E-state index in [0.717, 1.165) is 0 Å². The zero-order chi connectivity index (χ0) is 26.5. The summed E-state index contributed by atoms with van der Waals surface area (Å²) in [6.07, 6.45) is -0.0615.